The zero-order valence-corrected chi connectivity index (χ0v) is 12.7. The van der Waals surface area contributed by atoms with Crippen LogP contribution in [-0.2, 0) is 14.6 Å². The van der Waals surface area contributed by atoms with Crippen LogP contribution in [0.1, 0.15) is 31.4 Å². The number of ether oxygens (including phenoxy) is 1. The molecule has 0 bridgehead atoms. The molecule has 1 aliphatic rings. The second-order valence-electron chi connectivity index (χ2n) is 4.93. The predicted octanol–water partition coefficient (Wildman–Crippen LogP) is 2.44. The van der Waals surface area contributed by atoms with Gasteiger partial charge in [-0.05, 0) is 43.2 Å². The van der Waals surface area contributed by atoms with Gasteiger partial charge in [-0.1, -0.05) is 19.1 Å². The van der Waals surface area contributed by atoms with Crippen molar-refractivity contribution in [3.63, 3.8) is 0 Å². The zero-order chi connectivity index (χ0) is 14.6. The van der Waals surface area contributed by atoms with Crippen LogP contribution in [0.3, 0.4) is 0 Å². The molecule has 5 heteroatoms. The van der Waals surface area contributed by atoms with Gasteiger partial charge in [-0.25, -0.2) is 8.42 Å². The molecule has 0 aromatic heterocycles. The standard InChI is InChI=1S/C15H21NO3S/c1-3-16-15(14-9-4-5-10-19-14)12-7-6-8-13(11-12)20(2,17)18/h6-9,11,15-16H,3-5,10H2,1-2H3. The first-order valence-corrected chi connectivity index (χ1v) is 8.77. The SMILES string of the molecule is CCNC(C1=CCCCO1)c1cccc(S(C)(=O)=O)c1. The average Bonchev–Trinajstić information content (AvgIpc) is 2.45. The summed E-state index contributed by atoms with van der Waals surface area (Å²) >= 11 is 0. The van der Waals surface area contributed by atoms with Crippen LogP contribution >= 0.6 is 0 Å². The minimum Gasteiger partial charge on any atom is -0.496 e. The van der Waals surface area contributed by atoms with Crippen LogP contribution in [0.25, 0.3) is 0 Å². The molecule has 4 nitrogen and oxygen atoms in total. The number of rotatable bonds is 5. The molecular formula is C15H21NO3S. The molecule has 1 N–H and O–H groups in total. The van der Waals surface area contributed by atoms with Gasteiger partial charge in [0.2, 0.25) is 0 Å². The first-order valence-electron chi connectivity index (χ1n) is 6.88. The fourth-order valence-corrected chi connectivity index (χ4v) is 2.97. The monoisotopic (exact) mass is 295 g/mol. The summed E-state index contributed by atoms with van der Waals surface area (Å²) in [5.41, 5.74) is 0.919. The second-order valence-corrected chi connectivity index (χ2v) is 6.95. The van der Waals surface area contributed by atoms with E-state index >= 15 is 0 Å². The normalized spacial score (nSPS) is 17.2. The number of allylic oxidation sites excluding steroid dienone is 1. The molecule has 0 saturated carbocycles. The van der Waals surface area contributed by atoms with Crippen molar-refractivity contribution in [1.29, 1.82) is 0 Å². The molecule has 0 spiro atoms. The molecule has 1 aliphatic heterocycles. The van der Waals surface area contributed by atoms with Crippen LogP contribution in [0.2, 0.25) is 0 Å². The summed E-state index contributed by atoms with van der Waals surface area (Å²) in [5.74, 6) is 0.892. The van der Waals surface area contributed by atoms with E-state index in [1.165, 1.54) is 6.26 Å². The molecule has 1 aromatic rings. The van der Waals surface area contributed by atoms with Gasteiger partial charge in [0.05, 0.1) is 17.5 Å². The molecule has 0 saturated heterocycles. The lowest BCUT2D eigenvalue weighted by molar-refractivity contribution is 0.168. The van der Waals surface area contributed by atoms with E-state index < -0.39 is 9.84 Å². The number of nitrogens with one attached hydrogen (secondary N) is 1. The van der Waals surface area contributed by atoms with Gasteiger partial charge < -0.3 is 10.1 Å². The van der Waals surface area contributed by atoms with Crippen LogP contribution in [0.5, 0.6) is 0 Å². The molecule has 20 heavy (non-hydrogen) atoms. The Balaban J connectivity index is 2.36. The Hall–Kier alpha value is -1.33. The lowest BCUT2D eigenvalue weighted by atomic mass is 10.0. The van der Waals surface area contributed by atoms with E-state index in [1.54, 1.807) is 18.2 Å². The first-order chi connectivity index (χ1) is 9.52. The number of hydrogen-bond donors (Lipinski definition) is 1. The van der Waals surface area contributed by atoms with E-state index in [0.717, 1.165) is 37.3 Å². The summed E-state index contributed by atoms with van der Waals surface area (Å²) < 4.78 is 29.1. The molecule has 110 valence electrons. The van der Waals surface area contributed by atoms with Crippen LogP contribution in [0.15, 0.2) is 41.0 Å². The van der Waals surface area contributed by atoms with Crippen molar-refractivity contribution >= 4 is 9.84 Å². The number of benzene rings is 1. The van der Waals surface area contributed by atoms with Crippen molar-refractivity contribution in [2.24, 2.45) is 0 Å². The fourth-order valence-electron chi connectivity index (χ4n) is 2.29. The third-order valence-corrected chi connectivity index (χ3v) is 4.39. The summed E-state index contributed by atoms with van der Waals surface area (Å²) in [6, 6.07) is 6.97. The molecule has 1 unspecified atom stereocenters. The average molecular weight is 295 g/mol. The maximum Gasteiger partial charge on any atom is 0.175 e. The Labute approximate surface area is 120 Å². The van der Waals surface area contributed by atoms with Crippen LogP contribution in [-0.4, -0.2) is 27.8 Å². The summed E-state index contributed by atoms with van der Waals surface area (Å²) in [6.45, 7) is 3.53. The van der Waals surface area contributed by atoms with Crippen LogP contribution < -0.4 is 5.32 Å². The lowest BCUT2D eigenvalue weighted by Crippen LogP contribution is -2.25. The van der Waals surface area contributed by atoms with Gasteiger partial charge in [0.1, 0.15) is 5.76 Å². The van der Waals surface area contributed by atoms with E-state index in [0.29, 0.717) is 4.90 Å². The van der Waals surface area contributed by atoms with Crippen LogP contribution in [0, 0.1) is 0 Å². The van der Waals surface area contributed by atoms with Gasteiger partial charge in [0.15, 0.2) is 9.84 Å². The van der Waals surface area contributed by atoms with Gasteiger partial charge in [-0.2, -0.15) is 0 Å². The highest BCUT2D eigenvalue weighted by atomic mass is 32.2. The summed E-state index contributed by atoms with van der Waals surface area (Å²) in [4.78, 5) is 0.342. The van der Waals surface area contributed by atoms with Crippen molar-refractivity contribution in [2.75, 3.05) is 19.4 Å². The number of sulfone groups is 1. The maximum absolute atomic E-state index is 11.7. The van der Waals surface area contributed by atoms with Crippen molar-refractivity contribution in [1.82, 2.24) is 5.32 Å². The molecule has 0 aliphatic carbocycles. The van der Waals surface area contributed by atoms with Gasteiger partial charge in [0, 0.05) is 6.26 Å². The molecule has 0 amide bonds. The Kier molecular flexibility index (Phi) is 4.83. The summed E-state index contributed by atoms with van der Waals surface area (Å²) in [7, 11) is -3.19. The summed E-state index contributed by atoms with van der Waals surface area (Å²) in [5, 5.41) is 3.36. The van der Waals surface area contributed by atoms with Gasteiger partial charge >= 0.3 is 0 Å². The molecular weight excluding hydrogens is 274 g/mol. The molecule has 1 atom stereocenters. The van der Waals surface area contributed by atoms with Crippen molar-refractivity contribution in [3.05, 3.63) is 41.7 Å². The fraction of sp³-hybridized carbons (Fsp3) is 0.467. The van der Waals surface area contributed by atoms with E-state index in [-0.39, 0.29) is 6.04 Å². The van der Waals surface area contributed by atoms with E-state index in [9.17, 15) is 8.42 Å². The summed E-state index contributed by atoms with van der Waals surface area (Å²) in [6.07, 6.45) is 5.35. The Morgan fingerprint density at radius 1 is 1.40 bits per heavy atom. The van der Waals surface area contributed by atoms with Crippen molar-refractivity contribution in [3.8, 4) is 0 Å². The van der Waals surface area contributed by atoms with E-state index in [4.69, 9.17) is 4.74 Å². The van der Waals surface area contributed by atoms with E-state index in [2.05, 4.69) is 11.4 Å². The van der Waals surface area contributed by atoms with Crippen molar-refractivity contribution < 1.29 is 13.2 Å². The number of likely N-dealkylation sites (N-methyl/N-ethyl adjacent to an activating group) is 1. The number of hydrogen-bond acceptors (Lipinski definition) is 4. The molecule has 0 radical (unpaired) electrons. The molecule has 2 rings (SSSR count). The first kappa shape index (κ1) is 15.1. The minimum absolute atomic E-state index is 0.0815. The minimum atomic E-state index is -3.19. The Morgan fingerprint density at radius 2 is 2.20 bits per heavy atom. The highest BCUT2D eigenvalue weighted by molar-refractivity contribution is 7.90. The molecule has 1 heterocycles. The highest BCUT2D eigenvalue weighted by Crippen LogP contribution is 2.27. The lowest BCUT2D eigenvalue weighted by Gasteiger charge is -2.25. The Morgan fingerprint density at radius 3 is 2.80 bits per heavy atom. The van der Waals surface area contributed by atoms with Crippen molar-refractivity contribution in [2.45, 2.75) is 30.7 Å². The molecule has 0 fully saturated rings. The highest BCUT2D eigenvalue weighted by Gasteiger charge is 2.20. The maximum atomic E-state index is 11.7. The third-order valence-electron chi connectivity index (χ3n) is 3.28. The largest absolute Gasteiger partial charge is 0.496 e. The van der Waals surface area contributed by atoms with Gasteiger partial charge in [-0.15, -0.1) is 0 Å². The van der Waals surface area contributed by atoms with Crippen LogP contribution in [0.4, 0.5) is 0 Å². The predicted molar refractivity (Wildman–Crippen MR) is 79.2 cm³/mol. The zero-order valence-electron chi connectivity index (χ0n) is 11.9. The molecule has 1 aromatic carbocycles. The Bertz CT molecular complexity index is 593. The van der Waals surface area contributed by atoms with Gasteiger partial charge in [-0.3, -0.25) is 0 Å². The topological polar surface area (TPSA) is 55.4 Å². The van der Waals surface area contributed by atoms with E-state index in [1.807, 2.05) is 13.0 Å². The third kappa shape index (κ3) is 3.61. The quantitative estimate of drug-likeness (QED) is 0.906. The second kappa shape index (κ2) is 6.41. The smallest absolute Gasteiger partial charge is 0.175 e. The van der Waals surface area contributed by atoms with Gasteiger partial charge in [0.25, 0.3) is 0 Å².